The highest BCUT2D eigenvalue weighted by molar-refractivity contribution is 9.11. The Morgan fingerprint density at radius 3 is 1.06 bits per heavy atom. The van der Waals surface area contributed by atoms with Crippen molar-refractivity contribution in [3.63, 3.8) is 0 Å². The molecule has 0 aliphatic heterocycles. The lowest BCUT2D eigenvalue weighted by Gasteiger charge is -2.12. The molecule has 0 radical (unpaired) electrons. The summed E-state index contributed by atoms with van der Waals surface area (Å²) in [7, 11) is 0. The van der Waals surface area contributed by atoms with Crippen LogP contribution in [-0.4, -0.2) is 0 Å². The zero-order valence-electron chi connectivity index (χ0n) is 42.4. The molecule has 0 saturated carbocycles. The maximum absolute atomic E-state index is 12.4. The second-order valence-corrected chi connectivity index (χ2v) is 22.6. The highest BCUT2D eigenvalue weighted by atomic mass is 79.9. The summed E-state index contributed by atoms with van der Waals surface area (Å²) in [6.07, 6.45) is -18.1. The minimum absolute atomic E-state index is 0.0735. The highest BCUT2D eigenvalue weighted by Gasteiger charge is 2.38. The van der Waals surface area contributed by atoms with Gasteiger partial charge in [0, 0.05) is 42.2 Å². The quantitative estimate of drug-likeness (QED) is 0.0806. The Balaban J connectivity index is 0.000000506. The number of hydrogen-bond acceptors (Lipinski definition) is 0. The summed E-state index contributed by atoms with van der Waals surface area (Å²) < 4.78 is 317. The van der Waals surface area contributed by atoms with E-state index in [0.717, 1.165) is 36.4 Å². The average molecular weight is 1810 g/mol. The van der Waals surface area contributed by atoms with Gasteiger partial charge in [0.15, 0.2) is 23.3 Å². The molecule has 8 rings (SSSR count). The van der Waals surface area contributed by atoms with E-state index in [0.29, 0.717) is 38.3 Å². The van der Waals surface area contributed by atoms with E-state index in [1.54, 1.807) is 26.0 Å². The van der Waals surface area contributed by atoms with Gasteiger partial charge in [-0.05, 0) is 183 Å². The fourth-order valence-corrected chi connectivity index (χ4v) is 8.35. The monoisotopic (exact) mass is 1800 g/mol. The van der Waals surface area contributed by atoms with Crippen molar-refractivity contribution in [1.82, 2.24) is 0 Å². The molecule has 0 N–H and O–H groups in total. The van der Waals surface area contributed by atoms with Crippen LogP contribution in [0.25, 0.3) is 0 Å². The predicted molar refractivity (Wildman–Crippen MR) is 302 cm³/mol. The fraction of sp³-hybridized carbons (Fsp3) is 0.111. The molecule has 0 atom stereocenters. The van der Waals surface area contributed by atoms with E-state index in [1.165, 1.54) is 48.5 Å². The third kappa shape index (κ3) is 28.1. The van der Waals surface area contributed by atoms with E-state index in [2.05, 4.69) is 127 Å². The first-order valence-corrected chi connectivity index (χ1v) is 28.4. The molecule has 0 saturated heterocycles. The van der Waals surface area contributed by atoms with E-state index in [4.69, 9.17) is 0 Å². The van der Waals surface area contributed by atoms with Crippen LogP contribution in [-0.2, 0) is 24.7 Å². The molecule has 0 amide bonds. The van der Waals surface area contributed by atoms with Gasteiger partial charge in [-0.3, -0.25) is 0 Å². The molecule has 0 aliphatic rings. The first kappa shape index (κ1) is 81.8. The van der Waals surface area contributed by atoms with Gasteiger partial charge < -0.3 is 0 Å². The van der Waals surface area contributed by atoms with Crippen molar-refractivity contribution in [3.05, 3.63) is 272 Å². The largest absolute Gasteiger partial charge is 0.417 e. The topological polar surface area (TPSA) is 0 Å². The van der Waals surface area contributed by atoms with Crippen LogP contribution in [0.4, 0.5) is 114 Å². The maximum Gasteiger partial charge on any atom is 0.417 e. The molecule has 0 bridgehead atoms. The van der Waals surface area contributed by atoms with Gasteiger partial charge in [-0.2, -0.15) is 52.7 Å². The Bertz CT molecular complexity index is 3390. The van der Waals surface area contributed by atoms with Crippen molar-refractivity contribution in [2.24, 2.45) is 0 Å². The first-order chi connectivity index (χ1) is 40.1. The molecule has 34 heteroatoms. The number of benzene rings is 8. The molecule has 480 valence electrons. The van der Waals surface area contributed by atoms with Crippen molar-refractivity contribution in [2.75, 3.05) is 0 Å². The second kappa shape index (κ2) is 36.1. The Kier molecular flexibility index (Phi) is 33.6. The van der Waals surface area contributed by atoms with Crippen LogP contribution in [0.3, 0.4) is 0 Å². The standard InChI is InChI=1S/C8H3BrF6.2C8H6BrF3.C6BrF5.C6H2BrF3.3C6H3BrF2/c9-6-2-1-4(7(10,11)12)3-5(6)8(13,14)15;1-5-2-6(8(10,11)12)4-7(9)3-5;1-5-3-2-4-6(7(5)9)8(10,11)12;7-1-2(8)4(10)6(12)5(11)3(1)9;7-6-4(9)1-3(8)2-5(6)10;7-4-1-5(8)3-6(9)2-4;7-5-2-1-4(8)3-6(5)9;7-6-4(8)2-1-3-5(6)9/h1-3H;2*2-4H,1H3;;1-2H;3*1-3H. The van der Waals surface area contributed by atoms with E-state index < -0.39 is 137 Å². The number of halogens is 34. The zero-order chi connectivity index (χ0) is 68.3. The lowest BCUT2D eigenvalue weighted by Crippen LogP contribution is -2.11. The lowest BCUT2D eigenvalue weighted by atomic mass is 10.1. The number of alkyl halides is 12. The Hall–Kier alpha value is -4.22. The van der Waals surface area contributed by atoms with Crippen molar-refractivity contribution in [3.8, 4) is 0 Å². The molecule has 88 heavy (non-hydrogen) atoms. The van der Waals surface area contributed by atoms with Gasteiger partial charge >= 0.3 is 24.7 Å². The van der Waals surface area contributed by atoms with Crippen molar-refractivity contribution < 1.29 is 114 Å². The van der Waals surface area contributed by atoms with Crippen LogP contribution < -0.4 is 0 Å². The number of rotatable bonds is 0. The molecule has 0 nitrogen and oxygen atoms in total. The van der Waals surface area contributed by atoms with Crippen molar-refractivity contribution >= 4 is 127 Å². The summed E-state index contributed by atoms with van der Waals surface area (Å²) >= 11 is 21.8. The number of aryl methyl sites for hydroxylation is 2. The van der Waals surface area contributed by atoms with Gasteiger partial charge in [-0.25, -0.2) is 61.5 Å². The second-order valence-electron chi connectivity index (χ2n) is 15.9. The van der Waals surface area contributed by atoms with E-state index in [1.807, 2.05) is 0 Å². The maximum atomic E-state index is 12.4. The van der Waals surface area contributed by atoms with Gasteiger partial charge in [0.25, 0.3) is 0 Å². The third-order valence-electron chi connectivity index (χ3n) is 9.18. The molecule has 8 aromatic carbocycles. The predicted octanol–water partition coefficient (Wildman–Crippen LogP) is 26.2. The fourth-order valence-electron chi connectivity index (χ4n) is 5.26. The van der Waals surface area contributed by atoms with Crippen LogP contribution in [0.1, 0.15) is 33.4 Å². The lowest BCUT2D eigenvalue weighted by molar-refractivity contribution is -0.143. The molecular formula is C54H26Br8F26. The molecule has 0 aromatic heterocycles. The average Bonchev–Trinajstić information content (AvgIpc) is 3.48. The van der Waals surface area contributed by atoms with Gasteiger partial charge in [-0.1, -0.05) is 66.0 Å². The Labute approximate surface area is 547 Å². The summed E-state index contributed by atoms with van der Waals surface area (Å²) in [4.78, 5) is 0. The van der Waals surface area contributed by atoms with Crippen LogP contribution in [0.2, 0.25) is 0 Å². The van der Waals surface area contributed by atoms with E-state index in [9.17, 15) is 114 Å². The van der Waals surface area contributed by atoms with E-state index >= 15 is 0 Å². The van der Waals surface area contributed by atoms with Gasteiger partial charge in [0.1, 0.15) is 52.4 Å². The van der Waals surface area contributed by atoms with E-state index in [-0.39, 0.29) is 24.0 Å². The minimum Gasteiger partial charge on any atom is -0.207 e. The van der Waals surface area contributed by atoms with Crippen LogP contribution in [0, 0.1) is 95.3 Å². The molecular weight excluding hydrogens is 1780 g/mol. The van der Waals surface area contributed by atoms with Crippen LogP contribution >= 0.6 is 127 Å². The van der Waals surface area contributed by atoms with Gasteiger partial charge in [0.05, 0.1) is 40.1 Å². The normalized spacial score (nSPS) is 11.0. The summed E-state index contributed by atoms with van der Waals surface area (Å²) in [6, 6.07) is 20.7. The minimum atomic E-state index is -4.81. The highest BCUT2D eigenvalue weighted by Crippen LogP contribution is 2.40. The SMILES string of the molecule is Cc1cc(Br)cc(C(F)(F)F)c1.Cc1cccc(C(F)(F)F)c1Br.FC(F)(F)c1ccc(Br)c(C(F)(F)F)c1.Fc1c(F)c(F)c(Br)c(F)c1F.Fc1cc(F)c(Br)c(F)c1.Fc1cc(F)cc(Br)c1.Fc1ccc(Br)c(F)c1.Fc1cccc(F)c1Br. The van der Waals surface area contributed by atoms with Crippen molar-refractivity contribution in [1.29, 1.82) is 0 Å². The third-order valence-corrected chi connectivity index (χ3v) is 14.7. The van der Waals surface area contributed by atoms with Gasteiger partial charge in [0.2, 0.25) is 5.82 Å². The summed E-state index contributed by atoms with van der Waals surface area (Å²) in [5.74, 6) is -16.0. The van der Waals surface area contributed by atoms with Crippen molar-refractivity contribution in [2.45, 2.75) is 38.6 Å². The van der Waals surface area contributed by atoms with Gasteiger partial charge in [-0.15, -0.1) is 0 Å². The molecule has 0 fully saturated rings. The Morgan fingerprint density at radius 1 is 0.273 bits per heavy atom. The Morgan fingerprint density at radius 2 is 0.670 bits per heavy atom. The molecule has 0 heterocycles. The molecule has 0 spiro atoms. The molecule has 0 aliphatic carbocycles. The summed E-state index contributed by atoms with van der Waals surface area (Å²) in [5.41, 5.74) is -2.71. The number of hydrogen-bond donors (Lipinski definition) is 0. The van der Waals surface area contributed by atoms with Crippen LogP contribution in [0.15, 0.2) is 157 Å². The first-order valence-electron chi connectivity index (χ1n) is 22.0. The zero-order valence-corrected chi connectivity index (χ0v) is 55.1. The smallest absolute Gasteiger partial charge is 0.207 e. The summed E-state index contributed by atoms with van der Waals surface area (Å²) in [6.45, 7) is 3.25. The molecule has 8 aromatic rings. The van der Waals surface area contributed by atoms with Crippen LogP contribution in [0.5, 0.6) is 0 Å². The summed E-state index contributed by atoms with van der Waals surface area (Å²) in [5, 5.41) is 0. The molecule has 0 unspecified atom stereocenters.